The molecule has 0 fully saturated rings. The number of nitrogens with one attached hydrogen (secondary N) is 2. The molecule has 1 aromatic carbocycles. The van der Waals surface area contributed by atoms with E-state index in [1.807, 2.05) is 37.3 Å². The lowest BCUT2D eigenvalue weighted by Crippen LogP contribution is -2.43. The first-order valence-electron chi connectivity index (χ1n) is 7.73. The van der Waals surface area contributed by atoms with Crippen LogP contribution < -0.4 is 10.6 Å². The third kappa shape index (κ3) is 6.35. The second-order valence-corrected chi connectivity index (χ2v) is 7.23. The number of hydrogen-bond donors (Lipinski definition) is 2. The van der Waals surface area contributed by atoms with Gasteiger partial charge in [0, 0.05) is 13.0 Å². The SMILES string of the molecule is CCNc1nnc(SCC(=O)N[C@@H](Cc2ccccc2)C(=O)OC)s1. The van der Waals surface area contributed by atoms with Gasteiger partial charge in [0.2, 0.25) is 11.0 Å². The van der Waals surface area contributed by atoms with Crippen LogP contribution in [0.1, 0.15) is 12.5 Å². The molecular weight excluding hydrogens is 360 g/mol. The Kier molecular flexibility index (Phi) is 7.68. The van der Waals surface area contributed by atoms with E-state index >= 15 is 0 Å². The summed E-state index contributed by atoms with van der Waals surface area (Å²) in [5.74, 6) is -0.563. The average molecular weight is 380 g/mol. The van der Waals surface area contributed by atoms with E-state index in [2.05, 4.69) is 20.8 Å². The lowest BCUT2D eigenvalue weighted by atomic mass is 10.1. The number of thioether (sulfide) groups is 1. The molecule has 1 heterocycles. The van der Waals surface area contributed by atoms with Gasteiger partial charge in [-0.25, -0.2) is 4.79 Å². The summed E-state index contributed by atoms with van der Waals surface area (Å²) in [5, 5.41) is 14.5. The van der Waals surface area contributed by atoms with Crippen molar-refractivity contribution in [3.05, 3.63) is 35.9 Å². The van der Waals surface area contributed by atoms with E-state index in [0.29, 0.717) is 10.8 Å². The molecule has 0 bridgehead atoms. The van der Waals surface area contributed by atoms with Crippen molar-refractivity contribution in [2.24, 2.45) is 0 Å². The molecule has 9 heteroatoms. The minimum atomic E-state index is -0.716. The standard InChI is InChI=1S/C16H20N4O3S2/c1-3-17-15-19-20-16(25-15)24-10-13(21)18-12(14(22)23-2)9-11-7-5-4-6-8-11/h4-8,12H,3,9-10H2,1-2H3,(H,17,19)(H,18,21)/t12-/m0/s1. The smallest absolute Gasteiger partial charge is 0.328 e. The second kappa shape index (κ2) is 10.00. The van der Waals surface area contributed by atoms with E-state index in [-0.39, 0.29) is 11.7 Å². The van der Waals surface area contributed by atoms with Gasteiger partial charge in [0.15, 0.2) is 4.34 Å². The molecular formula is C16H20N4O3S2. The molecule has 2 N–H and O–H groups in total. The van der Waals surface area contributed by atoms with Crippen LogP contribution in [0.25, 0.3) is 0 Å². The van der Waals surface area contributed by atoms with Gasteiger partial charge < -0.3 is 15.4 Å². The lowest BCUT2D eigenvalue weighted by molar-refractivity contribution is -0.144. The van der Waals surface area contributed by atoms with Crippen molar-refractivity contribution in [2.45, 2.75) is 23.7 Å². The fraction of sp³-hybridized carbons (Fsp3) is 0.375. The Morgan fingerprint density at radius 1 is 1.28 bits per heavy atom. The van der Waals surface area contributed by atoms with Crippen molar-refractivity contribution in [1.29, 1.82) is 0 Å². The number of hydrogen-bond acceptors (Lipinski definition) is 8. The predicted octanol–water partition coefficient (Wildman–Crippen LogP) is 1.96. The zero-order chi connectivity index (χ0) is 18.1. The number of benzene rings is 1. The summed E-state index contributed by atoms with van der Waals surface area (Å²) >= 11 is 2.67. The van der Waals surface area contributed by atoms with Crippen LogP contribution in [0.3, 0.4) is 0 Å². The summed E-state index contributed by atoms with van der Waals surface area (Å²) in [4.78, 5) is 24.1. The van der Waals surface area contributed by atoms with Crippen LogP contribution in [0.4, 0.5) is 5.13 Å². The number of carbonyl (C=O) groups is 2. The maximum absolute atomic E-state index is 12.2. The highest BCUT2D eigenvalue weighted by Gasteiger charge is 2.22. The Balaban J connectivity index is 1.88. The van der Waals surface area contributed by atoms with Crippen molar-refractivity contribution in [1.82, 2.24) is 15.5 Å². The first-order chi connectivity index (χ1) is 12.1. The number of esters is 1. The molecule has 0 saturated carbocycles. The van der Waals surface area contributed by atoms with Gasteiger partial charge in [-0.2, -0.15) is 0 Å². The monoisotopic (exact) mass is 380 g/mol. The fourth-order valence-corrected chi connectivity index (χ4v) is 3.67. The van der Waals surface area contributed by atoms with Gasteiger partial charge in [0.05, 0.1) is 12.9 Å². The molecule has 0 unspecified atom stereocenters. The zero-order valence-corrected chi connectivity index (χ0v) is 15.7. The predicted molar refractivity (Wildman–Crippen MR) is 98.9 cm³/mol. The molecule has 0 spiro atoms. The highest BCUT2D eigenvalue weighted by atomic mass is 32.2. The largest absolute Gasteiger partial charge is 0.467 e. The van der Waals surface area contributed by atoms with E-state index in [1.54, 1.807) is 0 Å². The number of amides is 1. The van der Waals surface area contributed by atoms with Crippen LogP contribution in [0, 0.1) is 0 Å². The van der Waals surface area contributed by atoms with E-state index < -0.39 is 12.0 Å². The van der Waals surface area contributed by atoms with Gasteiger partial charge in [-0.1, -0.05) is 53.4 Å². The minimum Gasteiger partial charge on any atom is -0.467 e. The van der Waals surface area contributed by atoms with Crippen molar-refractivity contribution >= 4 is 40.1 Å². The van der Waals surface area contributed by atoms with Gasteiger partial charge in [-0.15, -0.1) is 10.2 Å². The summed E-state index contributed by atoms with van der Waals surface area (Å²) in [6.45, 7) is 2.74. The summed E-state index contributed by atoms with van der Waals surface area (Å²) in [6, 6.07) is 8.76. The summed E-state index contributed by atoms with van der Waals surface area (Å²) < 4.78 is 5.49. The molecule has 25 heavy (non-hydrogen) atoms. The number of aromatic nitrogens is 2. The summed E-state index contributed by atoms with van der Waals surface area (Å²) in [7, 11) is 1.31. The third-order valence-corrected chi connectivity index (χ3v) is 5.18. The van der Waals surface area contributed by atoms with Crippen LogP contribution >= 0.6 is 23.1 Å². The van der Waals surface area contributed by atoms with Crippen molar-refractivity contribution in [3.63, 3.8) is 0 Å². The minimum absolute atomic E-state index is 0.156. The number of rotatable bonds is 9. The molecule has 1 aromatic heterocycles. The van der Waals surface area contributed by atoms with Crippen molar-refractivity contribution < 1.29 is 14.3 Å². The lowest BCUT2D eigenvalue weighted by Gasteiger charge is -2.16. The van der Waals surface area contributed by atoms with Crippen LogP contribution in [-0.2, 0) is 20.7 Å². The molecule has 0 saturated heterocycles. The van der Waals surface area contributed by atoms with Gasteiger partial charge >= 0.3 is 5.97 Å². The van der Waals surface area contributed by atoms with Crippen LogP contribution in [0.15, 0.2) is 34.7 Å². The number of anilines is 1. The topological polar surface area (TPSA) is 93.2 Å². The molecule has 2 aromatic rings. The molecule has 2 rings (SSSR count). The summed E-state index contributed by atoms with van der Waals surface area (Å²) in [5.41, 5.74) is 0.949. The van der Waals surface area contributed by atoms with Gasteiger partial charge in [0.25, 0.3) is 0 Å². The zero-order valence-electron chi connectivity index (χ0n) is 14.0. The van der Waals surface area contributed by atoms with E-state index in [9.17, 15) is 9.59 Å². The van der Waals surface area contributed by atoms with Crippen LogP contribution in [-0.4, -0.2) is 47.5 Å². The molecule has 1 atom stereocenters. The maximum atomic E-state index is 12.2. The Labute approximate surface area is 154 Å². The van der Waals surface area contributed by atoms with Crippen LogP contribution in [0.5, 0.6) is 0 Å². The normalized spacial score (nSPS) is 11.6. The quantitative estimate of drug-likeness (QED) is 0.507. The van der Waals surface area contributed by atoms with Gasteiger partial charge in [-0.05, 0) is 12.5 Å². The van der Waals surface area contributed by atoms with Crippen molar-refractivity contribution in [3.8, 4) is 0 Å². The number of methoxy groups -OCH3 is 1. The molecule has 134 valence electrons. The fourth-order valence-electron chi connectivity index (χ4n) is 2.04. The molecule has 0 aliphatic rings. The van der Waals surface area contributed by atoms with Crippen LogP contribution in [0.2, 0.25) is 0 Å². The number of carbonyl (C=O) groups excluding carboxylic acids is 2. The van der Waals surface area contributed by atoms with E-state index in [1.165, 1.54) is 30.2 Å². The number of ether oxygens (including phenoxy) is 1. The second-order valence-electron chi connectivity index (χ2n) is 5.03. The van der Waals surface area contributed by atoms with Crippen molar-refractivity contribution in [2.75, 3.05) is 24.7 Å². The average Bonchev–Trinajstić information content (AvgIpc) is 3.07. The first kappa shape index (κ1) is 19.2. The Bertz CT molecular complexity index is 694. The highest BCUT2D eigenvalue weighted by Crippen LogP contribution is 2.25. The summed E-state index contributed by atoms with van der Waals surface area (Å²) in [6.07, 6.45) is 0.382. The van der Waals surface area contributed by atoms with E-state index in [0.717, 1.165) is 17.2 Å². The Hall–Kier alpha value is -2.13. The van der Waals surface area contributed by atoms with Gasteiger partial charge in [-0.3, -0.25) is 4.79 Å². The molecule has 0 aliphatic carbocycles. The molecule has 0 radical (unpaired) electrons. The molecule has 7 nitrogen and oxygen atoms in total. The molecule has 0 aliphatic heterocycles. The third-order valence-electron chi connectivity index (χ3n) is 3.16. The number of nitrogens with zero attached hydrogens (tertiary/aromatic N) is 2. The van der Waals surface area contributed by atoms with Gasteiger partial charge in [0.1, 0.15) is 6.04 Å². The first-order valence-corrected chi connectivity index (χ1v) is 9.54. The van der Waals surface area contributed by atoms with E-state index in [4.69, 9.17) is 4.74 Å². The Morgan fingerprint density at radius 2 is 2.04 bits per heavy atom. The maximum Gasteiger partial charge on any atom is 0.328 e. The molecule has 1 amide bonds. The Morgan fingerprint density at radius 3 is 2.72 bits per heavy atom. The highest BCUT2D eigenvalue weighted by molar-refractivity contribution is 8.01.